The number of carbonyl (C=O) groups is 1. The lowest BCUT2D eigenvalue weighted by molar-refractivity contribution is -0.138. The van der Waals surface area contributed by atoms with E-state index in [2.05, 4.69) is 4.90 Å². The van der Waals surface area contributed by atoms with Gasteiger partial charge in [0.25, 0.3) is 0 Å². The maximum absolute atomic E-state index is 12.6. The van der Waals surface area contributed by atoms with Crippen LogP contribution in [0.15, 0.2) is 48.5 Å². The monoisotopic (exact) mass is 406 g/mol. The van der Waals surface area contributed by atoms with Crippen LogP contribution in [0.1, 0.15) is 19.3 Å². The highest BCUT2D eigenvalue weighted by molar-refractivity contribution is 6.31. The molecule has 2 heterocycles. The second-order valence-electron chi connectivity index (χ2n) is 7.84. The molecule has 5 nitrogen and oxygen atoms in total. The number of hydrogen-bond acceptors (Lipinski definition) is 4. The topological polar surface area (TPSA) is 49.3 Å². The molecule has 2 fully saturated rings. The summed E-state index contributed by atoms with van der Waals surface area (Å²) in [6, 6.07) is 15.8. The first-order valence-electron chi connectivity index (χ1n) is 10.3. The summed E-state index contributed by atoms with van der Waals surface area (Å²) in [6.45, 7) is 3.05. The number of benzene rings is 2. The first kappa shape index (κ1) is 18.4. The zero-order valence-corrected chi connectivity index (χ0v) is 17.0. The van der Waals surface area contributed by atoms with E-state index in [0.717, 1.165) is 61.3 Å². The van der Waals surface area contributed by atoms with E-state index in [0.29, 0.717) is 16.8 Å². The van der Waals surface area contributed by atoms with Crippen molar-refractivity contribution in [1.82, 2.24) is 14.9 Å². The highest BCUT2D eigenvalue weighted by atomic mass is 35.5. The zero-order chi connectivity index (χ0) is 19.8. The van der Waals surface area contributed by atoms with Crippen molar-refractivity contribution in [3.8, 4) is 11.4 Å². The van der Waals surface area contributed by atoms with E-state index in [1.54, 1.807) is 0 Å². The Morgan fingerprint density at radius 2 is 1.72 bits per heavy atom. The fourth-order valence-electron chi connectivity index (χ4n) is 4.10. The minimum absolute atomic E-state index is 0.258. The molecule has 148 valence electrons. The first-order valence-corrected chi connectivity index (χ1v) is 10.6. The fraction of sp³-hybridized carbons (Fsp3) is 0.348. The van der Waals surface area contributed by atoms with Crippen molar-refractivity contribution in [2.45, 2.75) is 19.3 Å². The van der Waals surface area contributed by atoms with Crippen molar-refractivity contribution in [3.05, 3.63) is 53.6 Å². The Morgan fingerprint density at radius 3 is 2.41 bits per heavy atom. The van der Waals surface area contributed by atoms with Gasteiger partial charge in [0.2, 0.25) is 5.91 Å². The summed E-state index contributed by atoms with van der Waals surface area (Å²) >= 11 is 6.24. The quantitative estimate of drug-likeness (QED) is 0.646. The summed E-state index contributed by atoms with van der Waals surface area (Å²) in [5.41, 5.74) is 1.82. The van der Waals surface area contributed by atoms with Crippen molar-refractivity contribution in [2.75, 3.05) is 31.1 Å². The smallest absolute Gasteiger partial charge is 0.225 e. The third-order valence-corrected chi connectivity index (χ3v) is 6.25. The largest absolute Gasteiger partial charge is 0.352 e. The molecular formula is C23H23ClN4O. The summed E-state index contributed by atoms with van der Waals surface area (Å²) in [6.07, 6.45) is 3.29. The first-order chi connectivity index (χ1) is 14.2. The number of piperazine rings is 1. The van der Waals surface area contributed by atoms with E-state index < -0.39 is 0 Å². The van der Waals surface area contributed by atoms with Crippen LogP contribution in [-0.2, 0) is 4.79 Å². The number of fused-ring (bicyclic) bond motifs is 1. The molecule has 2 aromatic carbocycles. The molecule has 1 aliphatic heterocycles. The number of anilines is 1. The SMILES string of the molecule is O=C(C1CCC1)N1CCN(c2nc(-c3ccccc3)nc3cc(Cl)ccc23)CC1. The average molecular weight is 407 g/mol. The molecule has 1 saturated heterocycles. The van der Waals surface area contributed by atoms with Gasteiger partial charge in [0.05, 0.1) is 5.52 Å². The molecular weight excluding hydrogens is 384 g/mol. The lowest BCUT2D eigenvalue weighted by Crippen LogP contribution is -2.51. The molecule has 0 bridgehead atoms. The van der Waals surface area contributed by atoms with Gasteiger partial charge in [0, 0.05) is 48.1 Å². The summed E-state index contributed by atoms with van der Waals surface area (Å²) < 4.78 is 0. The van der Waals surface area contributed by atoms with Crippen LogP contribution < -0.4 is 4.90 Å². The molecule has 1 aromatic heterocycles. The second-order valence-corrected chi connectivity index (χ2v) is 8.27. The Kier molecular flexibility index (Phi) is 4.84. The molecule has 0 N–H and O–H groups in total. The average Bonchev–Trinajstić information content (AvgIpc) is 2.72. The van der Waals surface area contributed by atoms with Gasteiger partial charge in [-0.2, -0.15) is 0 Å². The van der Waals surface area contributed by atoms with Gasteiger partial charge in [-0.15, -0.1) is 0 Å². The minimum Gasteiger partial charge on any atom is -0.352 e. The Morgan fingerprint density at radius 1 is 0.966 bits per heavy atom. The van der Waals surface area contributed by atoms with Crippen molar-refractivity contribution in [2.24, 2.45) is 5.92 Å². The molecule has 0 unspecified atom stereocenters. The molecule has 0 radical (unpaired) electrons. The predicted molar refractivity (Wildman–Crippen MR) is 116 cm³/mol. The molecule has 0 atom stereocenters. The van der Waals surface area contributed by atoms with Gasteiger partial charge in [0.1, 0.15) is 5.82 Å². The van der Waals surface area contributed by atoms with Crippen molar-refractivity contribution >= 4 is 34.2 Å². The molecule has 5 rings (SSSR count). The van der Waals surface area contributed by atoms with Gasteiger partial charge in [-0.25, -0.2) is 9.97 Å². The highest BCUT2D eigenvalue weighted by Gasteiger charge is 2.31. The summed E-state index contributed by atoms with van der Waals surface area (Å²) in [5, 5.41) is 1.66. The van der Waals surface area contributed by atoms with E-state index in [9.17, 15) is 4.79 Å². The molecule has 6 heteroatoms. The Balaban J connectivity index is 1.47. The number of hydrogen-bond donors (Lipinski definition) is 0. The summed E-state index contributed by atoms with van der Waals surface area (Å²) in [5.74, 6) is 2.21. The lowest BCUT2D eigenvalue weighted by atomic mass is 9.84. The Bertz CT molecular complexity index is 1040. The number of aromatic nitrogens is 2. The van der Waals surface area contributed by atoms with Gasteiger partial charge >= 0.3 is 0 Å². The summed E-state index contributed by atoms with van der Waals surface area (Å²) in [7, 11) is 0. The summed E-state index contributed by atoms with van der Waals surface area (Å²) in [4.78, 5) is 26.6. The number of nitrogens with zero attached hydrogens (tertiary/aromatic N) is 4. The van der Waals surface area contributed by atoms with Crippen LogP contribution in [0.3, 0.4) is 0 Å². The van der Waals surface area contributed by atoms with Gasteiger partial charge in [-0.3, -0.25) is 4.79 Å². The third-order valence-electron chi connectivity index (χ3n) is 6.02. The van der Waals surface area contributed by atoms with Crippen molar-refractivity contribution in [3.63, 3.8) is 0 Å². The minimum atomic E-state index is 0.258. The predicted octanol–water partition coefficient (Wildman–Crippen LogP) is 4.40. The molecule has 29 heavy (non-hydrogen) atoms. The van der Waals surface area contributed by atoms with Crippen molar-refractivity contribution in [1.29, 1.82) is 0 Å². The van der Waals surface area contributed by atoms with Gasteiger partial charge in [0.15, 0.2) is 5.82 Å². The standard InChI is InChI=1S/C23H23ClN4O/c24-18-9-10-19-20(15-18)25-21(16-5-2-1-3-6-16)26-22(19)27-11-13-28(14-12-27)23(29)17-7-4-8-17/h1-3,5-6,9-10,15,17H,4,7-8,11-14H2. The molecule has 0 spiro atoms. The number of carbonyl (C=O) groups excluding carboxylic acids is 1. The normalized spacial score (nSPS) is 17.4. The second kappa shape index (κ2) is 7.64. The third kappa shape index (κ3) is 3.55. The zero-order valence-electron chi connectivity index (χ0n) is 16.2. The number of rotatable bonds is 3. The van der Waals surface area contributed by atoms with Crippen LogP contribution in [0, 0.1) is 5.92 Å². The van der Waals surface area contributed by atoms with Crippen LogP contribution in [-0.4, -0.2) is 47.0 Å². The van der Waals surface area contributed by atoms with E-state index in [1.165, 1.54) is 6.42 Å². The lowest BCUT2D eigenvalue weighted by Gasteiger charge is -2.39. The van der Waals surface area contributed by atoms with Crippen LogP contribution in [0.2, 0.25) is 5.02 Å². The molecule has 1 saturated carbocycles. The number of amides is 1. The Labute approximate surface area is 175 Å². The van der Waals surface area contributed by atoms with E-state index in [1.807, 2.05) is 53.4 Å². The van der Waals surface area contributed by atoms with Gasteiger partial charge in [-0.05, 0) is 31.0 Å². The van der Waals surface area contributed by atoms with Crippen LogP contribution in [0.25, 0.3) is 22.3 Å². The van der Waals surface area contributed by atoms with E-state index >= 15 is 0 Å². The fourth-order valence-corrected chi connectivity index (χ4v) is 4.26. The van der Waals surface area contributed by atoms with Crippen LogP contribution in [0.5, 0.6) is 0 Å². The van der Waals surface area contributed by atoms with Crippen molar-refractivity contribution < 1.29 is 4.79 Å². The van der Waals surface area contributed by atoms with E-state index in [4.69, 9.17) is 21.6 Å². The van der Waals surface area contributed by atoms with Gasteiger partial charge < -0.3 is 9.80 Å². The Hall–Kier alpha value is -2.66. The molecule has 2 aliphatic rings. The number of halogens is 1. The highest BCUT2D eigenvalue weighted by Crippen LogP contribution is 2.31. The van der Waals surface area contributed by atoms with E-state index in [-0.39, 0.29) is 5.92 Å². The maximum atomic E-state index is 12.6. The molecule has 1 aliphatic carbocycles. The molecule has 3 aromatic rings. The maximum Gasteiger partial charge on any atom is 0.225 e. The van der Waals surface area contributed by atoms with Gasteiger partial charge in [-0.1, -0.05) is 48.4 Å². The van der Waals surface area contributed by atoms with Crippen LogP contribution in [0.4, 0.5) is 5.82 Å². The molecule has 1 amide bonds. The van der Waals surface area contributed by atoms with Crippen LogP contribution >= 0.6 is 11.6 Å².